The van der Waals surface area contributed by atoms with E-state index < -0.39 is 11.9 Å². The quantitative estimate of drug-likeness (QED) is 0.609. The van der Waals surface area contributed by atoms with Gasteiger partial charge in [0.1, 0.15) is 5.92 Å². The van der Waals surface area contributed by atoms with Crippen LogP contribution in [0.4, 0.5) is 0 Å². The maximum atomic E-state index is 10.7. The van der Waals surface area contributed by atoms with E-state index in [4.69, 9.17) is 5.11 Å². The molecular formula is C8H12N2O2. The molecule has 66 valence electrons. The monoisotopic (exact) mass is 168 g/mol. The fourth-order valence-corrected chi connectivity index (χ4v) is 1.10. The predicted molar refractivity (Wildman–Crippen MR) is 45.1 cm³/mol. The van der Waals surface area contributed by atoms with Gasteiger partial charge in [-0.25, -0.2) is 0 Å². The lowest BCUT2D eigenvalue weighted by atomic mass is 10.1. The Bertz CT molecular complexity index is 244. The fraction of sp³-hybridized carbons (Fsp3) is 0.375. The number of aromatic amines is 1. The molecular weight excluding hydrogens is 156 g/mol. The van der Waals surface area contributed by atoms with Gasteiger partial charge in [-0.2, -0.15) is 0 Å². The van der Waals surface area contributed by atoms with Crippen LogP contribution in [-0.4, -0.2) is 29.7 Å². The number of hydrogen-bond donors (Lipinski definition) is 3. The maximum absolute atomic E-state index is 10.7. The average molecular weight is 168 g/mol. The van der Waals surface area contributed by atoms with E-state index in [2.05, 4.69) is 10.3 Å². The smallest absolute Gasteiger partial charge is 0.313 e. The lowest BCUT2D eigenvalue weighted by molar-refractivity contribution is -0.138. The number of rotatable bonds is 4. The highest BCUT2D eigenvalue weighted by Crippen LogP contribution is 2.11. The van der Waals surface area contributed by atoms with Gasteiger partial charge in [0.05, 0.1) is 0 Å². The number of nitrogens with one attached hydrogen (secondary N) is 2. The van der Waals surface area contributed by atoms with Gasteiger partial charge in [-0.05, 0) is 19.2 Å². The molecule has 0 aromatic carbocycles. The van der Waals surface area contributed by atoms with Crippen LogP contribution in [0.15, 0.2) is 18.3 Å². The van der Waals surface area contributed by atoms with Crippen molar-refractivity contribution in [1.29, 1.82) is 0 Å². The van der Waals surface area contributed by atoms with Crippen molar-refractivity contribution in [2.75, 3.05) is 13.6 Å². The molecule has 0 aliphatic rings. The van der Waals surface area contributed by atoms with Gasteiger partial charge in [0.25, 0.3) is 0 Å². The summed E-state index contributed by atoms with van der Waals surface area (Å²) in [5.41, 5.74) is 0.733. The lowest BCUT2D eigenvalue weighted by Gasteiger charge is -2.08. The van der Waals surface area contributed by atoms with Gasteiger partial charge in [-0.3, -0.25) is 4.79 Å². The van der Waals surface area contributed by atoms with Crippen molar-refractivity contribution in [3.05, 3.63) is 24.0 Å². The number of hydrogen-bond acceptors (Lipinski definition) is 2. The Morgan fingerprint density at radius 3 is 3.00 bits per heavy atom. The Balaban J connectivity index is 2.73. The predicted octanol–water partition coefficient (Wildman–Crippen LogP) is 0.402. The van der Waals surface area contributed by atoms with Crippen LogP contribution in [-0.2, 0) is 4.79 Å². The largest absolute Gasteiger partial charge is 0.481 e. The van der Waals surface area contributed by atoms with Crippen LogP contribution in [0.25, 0.3) is 0 Å². The van der Waals surface area contributed by atoms with Gasteiger partial charge >= 0.3 is 5.97 Å². The van der Waals surface area contributed by atoms with Gasteiger partial charge in [0.2, 0.25) is 0 Å². The first-order valence-electron chi connectivity index (χ1n) is 3.76. The standard InChI is InChI=1S/C8H12N2O2/c1-9-5-6(8(11)12)7-3-2-4-10-7/h2-4,6,9-10H,5H2,1H3,(H,11,12). The molecule has 1 aromatic heterocycles. The molecule has 0 saturated carbocycles. The molecule has 4 heteroatoms. The molecule has 1 aromatic rings. The summed E-state index contributed by atoms with van der Waals surface area (Å²) in [7, 11) is 1.74. The molecule has 12 heavy (non-hydrogen) atoms. The second kappa shape index (κ2) is 3.92. The Labute approximate surface area is 70.6 Å². The highest BCUT2D eigenvalue weighted by Gasteiger charge is 2.18. The van der Waals surface area contributed by atoms with Gasteiger partial charge in [0, 0.05) is 18.4 Å². The summed E-state index contributed by atoms with van der Waals surface area (Å²) in [5.74, 6) is -1.29. The van der Waals surface area contributed by atoms with E-state index in [1.807, 2.05) is 0 Å². The van der Waals surface area contributed by atoms with Crippen molar-refractivity contribution in [3.63, 3.8) is 0 Å². The number of carboxylic acids is 1. The minimum atomic E-state index is -0.813. The Morgan fingerprint density at radius 1 is 1.83 bits per heavy atom. The minimum Gasteiger partial charge on any atom is -0.481 e. The van der Waals surface area contributed by atoms with Gasteiger partial charge in [-0.1, -0.05) is 0 Å². The van der Waals surface area contributed by atoms with E-state index in [1.54, 1.807) is 25.4 Å². The summed E-state index contributed by atoms with van der Waals surface area (Å²) in [6.45, 7) is 0.440. The van der Waals surface area contributed by atoms with Crippen molar-refractivity contribution in [1.82, 2.24) is 10.3 Å². The number of carbonyl (C=O) groups is 1. The zero-order chi connectivity index (χ0) is 8.97. The molecule has 1 unspecified atom stereocenters. The highest BCUT2D eigenvalue weighted by atomic mass is 16.4. The van der Waals surface area contributed by atoms with Crippen LogP contribution in [0.2, 0.25) is 0 Å². The number of aromatic nitrogens is 1. The SMILES string of the molecule is CNCC(C(=O)O)c1ccc[nH]1. The maximum Gasteiger partial charge on any atom is 0.313 e. The van der Waals surface area contributed by atoms with Crippen LogP contribution in [0.1, 0.15) is 11.6 Å². The second-order valence-electron chi connectivity index (χ2n) is 2.57. The molecule has 1 heterocycles. The Hall–Kier alpha value is -1.29. The molecule has 1 rings (SSSR count). The number of carboxylic acid groups (broad SMARTS) is 1. The normalized spacial score (nSPS) is 12.8. The molecule has 0 saturated heterocycles. The van der Waals surface area contributed by atoms with Crippen molar-refractivity contribution in [3.8, 4) is 0 Å². The zero-order valence-corrected chi connectivity index (χ0v) is 6.87. The molecule has 0 spiro atoms. The first-order chi connectivity index (χ1) is 5.75. The third kappa shape index (κ3) is 1.85. The molecule has 0 amide bonds. The van der Waals surface area contributed by atoms with Crippen LogP contribution in [0, 0.1) is 0 Å². The summed E-state index contributed by atoms with van der Waals surface area (Å²) in [4.78, 5) is 13.6. The first-order valence-corrected chi connectivity index (χ1v) is 3.76. The zero-order valence-electron chi connectivity index (χ0n) is 6.87. The number of H-pyrrole nitrogens is 1. The molecule has 0 aliphatic heterocycles. The van der Waals surface area contributed by atoms with E-state index in [-0.39, 0.29) is 0 Å². The molecule has 0 radical (unpaired) electrons. The molecule has 0 aliphatic carbocycles. The fourth-order valence-electron chi connectivity index (χ4n) is 1.10. The Kier molecular flexibility index (Phi) is 2.88. The van der Waals surface area contributed by atoms with Crippen LogP contribution in [0.5, 0.6) is 0 Å². The molecule has 0 bridgehead atoms. The average Bonchev–Trinajstić information content (AvgIpc) is 2.51. The third-order valence-electron chi connectivity index (χ3n) is 1.70. The minimum absolute atomic E-state index is 0.440. The van der Waals surface area contributed by atoms with Crippen LogP contribution < -0.4 is 5.32 Å². The van der Waals surface area contributed by atoms with E-state index in [0.29, 0.717) is 6.54 Å². The van der Waals surface area contributed by atoms with E-state index in [1.165, 1.54) is 0 Å². The van der Waals surface area contributed by atoms with Gasteiger partial charge in [-0.15, -0.1) is 0 Å². The first kappa shape index (κ1) is 8.80. The Morgan fingerprint density at radius 2 is 2.58 bits per heavy atom. The van der Waals surface area contributed by atoms with E-state index in [0.717, 1.165) is 5.69 Å². The van der Waals surface area contributed by atoms with Gasteiger partial charge in [0.15, 0.2) is 0 Å². The summed E-state index contributed by atoms with van der Waals surface area (Å²) >= 11 is 0. The van der Waals surface area contributed by atoms with E-state index in [9.17, 15) is 4.79 Å². The topological polar surface area (TPSA) is 65.1 Å². The van der Waals surface area contributed by atoms with Crippen molar-refractivity contribution < 1.29 is 9.90 Å². The summed E-state index contributed by atoms with van der Waals surface area (Å²) in [6.07, 6.45) is 1.72. The summed E-state index contributed by atoms with van der Waals surface area (Å²) < 4.78 is 0. The van der Waals surface area contributed by atoms with E-state index >= 15 is 0 Å². The molecule has 1 atom stereocenters. The summed E-state index contributed by atoms with van der Waals surface area (Å²) in [5, 5.41) is 11.7. The highest BCUT2D eigenvalue weighted by molar-refractivity contribution is 5.75. The number of aliphatic carboxylic acids is 1. The van der Waals surface area contributed by atoms with Crippen LogP contribution in [0.3, 0.4) is 0 Å². The van der Waals surface area contributed by atoms with Crippen molar-refractivity contribution in [2.24, 2.45) is 0 Å². The van der Waals surface area contributed by atoms with Crippen molar-refractivity contribution >= 4 is 5.97 Å². The van der Waals surface area contributed by atoms with Crippen molar-refractivity contribution in [2.45, 2.75) is 5.92 Å². The molecule has 0 fully saturated rings. The number of likely N-dealkylation sites (N-methyl/N-ethyl adjacent to an activating group) is 1. The van der Waals surface area contributed by atoms with Gasteiger partial charge < -0.3 is 15.4 Å². The van der Waals surface area contributed by atoms with Crippen LogP contribution >= 0.6 is 0 Å². The molecule has 3 N–H and O–H groups in total. The lowest BCUT2D eigenvalue weighted by Crippen LogP contribution is -2.24. The summed E-state index contributed by atoms with van der Waals surface area (Å²) in [6, 6.07) is 3.57. The third-order valence-corrected chi connectivity index (χ3v) is 1.70. The molecule has 4 nitrogen and oxygen atoms in total. The second-order valence-corrected chi connectivity index (χ2v) is 2.57.